The summed E-state index contributed by atoms with van der Waals surface area (Å²) < 4.78 is 68.7. The SMILES string of the molecule is Cc1cc(N)nc(N2CCC(C(C)N(C)[C@@H]3CCN(C(=O)/C=C/c4nc(C(C)C)no4)C3)=C(N=C(N)OC[C@@]34CCCN3C[C@H](F)C4)C2)c1C(F)(F)F. The molecule has 17 heteroatoms. The number of aromatic nitrogens is 3. The van der Waals surface area contributed by atoms with Crippen molar-refractivity contribution in [1.82, 2.24) is 29.8 Å². The number of aryl methyl sites for hydroxylation is 1. The molecule has 2 aromatic rings. The van der Waals surface area contributed by atoms with Crippen molar-refractivity contribution in [1.29, 1.82) is 0 Å². The number of amides is 1. The highest BCUT2D eigenvalue weighted by Crippen LogP contribution is 2.42. The molecule has 4 aliphatic rings. The van der Waals surface area contributed by atoms with Gasteiger partial charge in [0.15, 0.2) is 5.82 Å². The lowest BCUT2D eigenvalue weighted by Gasteiger charge is -2.38. The van der Waals surface area contributed by atoms with Gasteiger partial charge in [-0.25, -0.2) is 14.4 Å². The van der Waals surface area contributed by atoms with Crippen molar-refractivity contribution >= 4 is 29.6 Å². The summed E-state index contributed by atoms with van der Waals surface area (Å²) >= 11 is 0. The molecule has 53 heavy (non-hydrogen) atoms. The molecule has 6 heterocycles. The molecule has 6 rings (SSSR count). The van der Waals surface area contributed by atoms with E-state index in [1.807, 2.05) is 27.8 Å². The number of pyridine rings is 1. The highest BCUT2D eigenvalue weighted by molar-refractivity contribution is 5.91. The standard InChI is InChI=1S/C36H50F4N10O3/c1-21(2)32-45-29(53-46-32)7-8-30(51)48-13-9-25(18-48)47(5)23(4)26-10-14-49(33-31(36(38,39)40)22(3)15-28(41)44-33)19-27(26)43-34(42)52-20-35-11-6-12-50(35)17-24(37)16-35/h7-8,15,21,23-25H,6,9-14,16-20H2,1-5H3,(H2,41,44)(H2,42,43)/b8-7+/t23?,24-,25-,35+/m1/s1. The van der Waals surface area contributed by atoms with E-state index in [-0.39, 0.29) is 72.7 Å². The molecule has 3 fully saturated rings. The van der Waals surface area contributed by atoms with E-state index < -0.39 is 23.5 Å². The molecule has 3 saturated heterocycles. The molecule has 4 atom stereocenters. The molecule has 0 aliphatic carbocycles. The topological polar surface area (TPSA) is 155 Å². The van der Waals surface area contributed by atoms with E-state index in [2.05, 4.69) is 24.9 Å². The largest absolute Gasteiger partial charge is 0.463 e. The number of amidine groups is 1. The number of hydrogen-bond donors (Lipinski definition) is 2. The lowest BCUT2D eigenvalue weighted by Crippen LogP contribution is -2.45. The van der Waals surface area contributed by atoms with Gasteiger partial charge in [-0.15, -0.1) is 0 Å². The minimum absolute atomic E-state index is 0.00110. The number of nitrogen functional groups attached to an aromatic ring is 1. The third kappa shape index (κ3) is 8.30. The Balaban J connectivity index is 1.22. The summed E-state index contributed by atoms with van der Waals surface area (Å²) in [6.45, 7) is 9.85. The third-order valence-corrected chi connectivity index (χ3v) is 11.2. The summed E-state index contributed by atoms with van der Waals surface area (Å²) in [7, 11) is 1.97. The number of carbonyl (C=O) groups excluding carboxylic acids is 1. The molecule has 4 N–H and O–H groups in total. The molecule has 0 aromatic carbocycles. The summed E-state index contributed by atoms with van der Waals surface area (Å²) in [6, 6.07) is 0.878. The number of likely N-dealkylation sites (N-methyl/N-ethyl adjacent to an activating group) is 1. The first kappa shape index (κ1) is 38.5. The summed E-state index contributed by atoms with van der Waals surface area (Å²) in [5.74, 6) is 0.474. The Morgan fingerprint density at radius 1 is 1.23 bits per heavy atom. The maximum absolute atomic E-state index is 14.4. The van der Waals surface area contributed by atoms with Gasteiger partial charge in [-0.3, -0.25) is 14.6 Å². The summed E-state index contributed by atoms with van der Waals surface area (Å²) in [6.07, 6.45) is 0.528. The number of carbonyl (C=O) groups is 1. The number of nitrogens with zero attached hydrogens (tertiary/aromatic N) is 8. The Kier molecular flexibility index (Phi) is 11.1. The maximum atomic E-state index is 14.4. The van der Waals surface area contributed by atoms with Crippen LogP contribution in [0.1, 0.15) is 81.6 Å². The second-order valence-corrected chi connectivity index (χ2v) is 15.1. The Morgan fingerprint density at radius 3 is 2.72 bits per heavy atom. The van der Waals surface area contributed by atoms with E-state index in [9.17, 15) is 22.4 Å². The number of fused-ring (bicyclic) bond motifs is 1. The van der Waals surface area contributed by atoms with E-state index in [0.717, 1.165) is 31.4 Å². The van der Waals surface area contributed by atoms with Crippen LogP contribution in [0.15, 0.2) is 32.9 Å². The van der Waals surface area contributed by atoms with Gasteiger partial charge in [0.25, 0.3) is 11.9 Å². The fourth-order valence-electron chi connectivity index (χ4n) is 8.22. The van der Waals surface area contributed by atoms with Gasteiger partial charge >= 0.3 is 6.18 Å². The van der Waals surface area contributed by atoms with Gasteiger partial charge in [0, 0.05) is 62.8 Å². The van der Waals surface area contributed by atoms with Crippen LogP contribution in [-0.2, 0) is 15.7 Å². The van der Waals surface area contributed by atoms with Gasteiger partial charge in [0.05, 0.1) is 17.8 Å². The molecule has 1 unspecified atom stereocenters. The average Bonchev–Trinajstić information content (AvgIpc) is 3.89. The molecule has 13 nitrogen and oxygen atoms in total. The Bertz CT molecular complexity index is 1760. The number of likely N-dealkylation sites (tertiary alicyclic amines) is 1. The van der Waals surface area contributed by atoms with Gasteiger partial charge < -0.3 is 30.5 Å². The monoisotopic (exact) mass is 746 g/mol. The van der Waals surface area contributed by atoms with Crippen LogP contribution in [0.2, 0.25) is 0 Å². The quantitative estimate of drug-likeness (QED) is 0.153. The van der Waals surface area contributed by atoms with Crippen LogP contribution in [0.5, 0.6) is 0 Å². The normalized spacial score (nSPS) is 25.1. The van der Waals surface area contributed by atoms with Gasteiger partial charge in [0.1, 0.15) is 30.0 Å². The number of aliphatic imine (C=N–C) groups is 1. The maximum Gasteiger partial charge on any atom is 0.420 e. The van der Waals surface area contributed by atoms with Gasteiger partial charge in [-0.2, -0.15) is 18.2 Å². The summed E-state index contributed by atoms with van der Waals surface area (Å²) in [5.41, 5.74) is 12.4. The molecule has 2 aromatic heterocycles. The Labute approximate surface area is 307 Å². The predicted octanol–water partition coefficient (Wildman–Crippen LogP) is 4.50. The van der Waals surface area contributed by atoms with Gasteiger partial charge in [-0.1, -0.05) is 19.0 Å². The molecular formula is C36H50F4N10O3. The first-order valence-corrected chi connectivity index (χ1v) is 18.2. The van der Waals surface area contributed by atoms with E-state index in [0.29, 0.717) is 44.0 Å². The van der Waals surface area contributed by atoms with Crippen LogP contribution in [0.25, 0.3) is 6.08 Å². The predicted molar refractivity (Wildman–Crippen MR) is 193 cm³/mol. The van der Waals surface area contributed by atoms with Crippen molar-refractivity contribution in [3.63, 3.8) is 0 Å². The first-order chi connectivity index (χ1) is 25.0. The average molecular weight is 747 g/mol. The number of anilines is 2. The van der Waals surface area contributed by atoms with Crippen LogP contribution >= 0.6 is 0 Å². The van der Waals surface area contributed by atoms with Gasteiger partial charge in [-0.05, 0) is 70.3 Å². The molecule has 0 spiro atoms. The van der Waals surface area contributed by atoms with Crippen molar-refractivity contribution in [3.05, 3.63) is 46.3 Å². The van der Waals surface area contributed by atoms with E-state index in [1.165, 1.54) is 30.0 Å². The van der Waals surface area contributed by atoms with Crippen LogP contribution in [-0.4, -0.2) is 118 Å². The highest BCUT2D eigenvalue weighted by Gasteiger charge is 2.49. The van der Waals surface area contributed by atoms with Crippen molar-refractivity contribution in [2.24, 2.45) is 10.7 Å². The zero-order valence-corrected chi connectivity index (χ0v) is 31.0. The van der Waals surface area contributed by atoms with E-state index in [1.54, 1.807) is 4.90 Å². The van der Waals surface area contributed by atoms with Crippen molar-refractivity contribution < 1.29 is 31.6 Å². The fourth-order valence-corrected chi connectivity index (χ4v) is 8.22. The molecular weight excluding hydrogens is 696 g/mol. The zero-order chi connectivity index (χ0) is 38.2. The molecule has 0 radical (unpaired) electrons. The fraction of sp³-hybridized carbons (Fsp3) is 0.639. The lowest BCUT2D eigenvalue weighted by molar-refractivity contribution is -0.137. The van der Waals surface area contributed by atoms with E-state index >= 15 is 0 Å². The molecule has 1 amide bonds. The minimum Gasteiger partial charge on any atom is -0.463 e. The second kappa shape index (κ2) is 15.2. The highest BCUT2D eigenvalue weighted by atomic mass is 19.4. The number of alkyl halides is 4. The zero-order valence-electron chi connectivity index (χ0n) is 31.0. The van der Waals surface area contributed by atoms with Crippen LogP contribution in [0, 0.1) is 6.92 Å². The molecule has 0 bridgehead atoms. The molecule has 0 saturated carbocycles. The van der Waals surface area contributed by atoms with Crippen LogP contribution < -0.4 is 16.4 Å². The Hall–Kier alpha value is -4.25. The van der Waals surface area contributed by atoms with Crippen molar-refractivity contribution in [2.45, 2.75) is 95.7 Å². The number of halogens is 4. The number of ether oxygens (including phenoxy) is 1. The first-order valence-electron chi connectivity index (χ1n) is 18.2. The number of hydrogen-bond acceptors (Lipinski definition) is 11. The second-order valence-electron chi connectivity index (χ2n) is 15.1. The molecule has 4 aliphatic heterocycles. The van der Waals surface area contributed by atoms with Crippen molar-refractivity contribution in [3.8, 4) is 0 Å². The lowest BCUT2D eigenvalue weighted by atomic mass is 9.95. The third-order valence-electron chi connectivity index (χ3n) is 11.2. The van der Waals surface area contributed by atoms with Gasteiger partial charge in [0.2, 0.25) is 5.91 Å². The summed E-state index contributed by atoms with van der Waals surface area (Å²) in [5, 5.41) is 3.93. The smallest absolute Gasteiger partial charge is 0.420 e. The number of nitrogens with two attached hydrogens (primary N) is 2. The molecule has 290 valence electrons. The van der Waals surface area contributed by atoms with Crippen LogP contribution in [0.3, 0.4) is 0 Å². The minimum atomic E-state index is -4.66. The van der Waals surface area contributed by atoms with Crippen LogP contribution in [0.4, 0.5) is 29.2 Å². The van der Waals surface area contributed by atoms with E-state index in [4.69, 9.17) is 25.7 Å². The Morgan fingerprint density at radius 2 is 2.00 bits per heavy atom. The van der Waals surface area contributed by atoms with Crippen molar-refractivity contribution in [2.75, 3.05) is 63.6 Å². The number of rotatable bonds is 10. The summed E-state index contributed by atoms with van der Waals surface area (Å²) in [4.78, 5) is 33.8.